The Labute approximate surface area is 207 Å². The summed E-state index contributed by atoms with van der Waals surface area (Å²) >= 11 is 0. The quantitative estimate of drug-likeness (QED) is 0.223. The summed E-state index contributed by atoms with van der Waals surface area (Å²) < 4.78 is 11.4. The molecule has 0 radical (unpaired) electrons. The van der Waals surface area contributed by atoms with Crippen LogP contribution < -0.4 is 9.47 Å². The maximum absolute atomic E-state index is 13.2. The molecule has 1 unspecified atom stereocenters. The van der Waals surface area contributed by atoms with E-state index >= 15 is 0 Å². The molecule has 3 rings (SSSR count). The monoisotopic (exact) mass is 478 g/mol. The number of benzene rings is 2. The molecule has 1 saturated heterocycles. The second-order valence-corrected chi connectivity index (χ2v) is 9.01. The summed E-state index contributed by atoms with van der Waals surface area (Å²) in [5.74, 6) is -0.275. The molecular formula is C28H34N2O5. The Morgan fingerprint density at radius 2 is 1.86 bits per heavy atom. The van der Waals surface area contributed by atoms with E-state index in [9.17, 15) is 14.7 Å². The van der Waals surface area contributed by atoms with E-state index in [4.69, 9.17) is 9.47 Å². The predicted molar refractivity (Wildman–Crippen MR) is 137 cm³/mol. The number of aliphatic hydroxyl groups excluding tert-OH is 1. The SMILES string of the molecule is C=CCOc1cccc(C2/C(=C(/O)c3ccc(OC(C)C)cc3)C(=O)C(=O)N2CCCN(C)C)c1. The van der Waals surface area contributed by atoms with Crippen LogP contribution in [0.4, 0.5) is 0 Å². The Balaban J connectivity index is 2.05. The van der Waals surface area contributed by atoms with Crippen LogP contribution in [0.3, 0.4) is 0 Å². The van der Waals surface area contributed by atoms with Crippen molar-refractivity contribution in [2.75, 3.05) is 33.8 Å². The number of carbonyl (C=O) groups excluding carboxylic acids is 2. The molecule has 0 aliphatic carbocycles. The van der Waals surface area contributed by atoms with Gasteiger partial charge in [0.2, 0.25) is 0 Å². The van der Waals surface area contributed by atoms with Gasteiger partial charge in [0.05, 0.1) is 17.7 Å². The Morgan fingerprint density at radius 3 is 2.49 bits per heavy atom. The van der Waals surface area contributed by atoms with Crippen LogP contribution in [-0.4, -0.2) is 66.5 Å². The Bertz CT molecular complexity index is 1090. The summed E-state index contributed by atoms with van der Waals surface area (Å²) in [5, 5.41) is 11.2. The van der Waals surface area contributed by atoms with Crippen LogP contribution in [0.5, 0.6) is 11.5 Å². The van der Waals surface area contributed by atoms with Gasteiger partial charge in [0.25, 0.3) is 11.7 Å². The smallest absolute Gasteiger partial charge is 0.295 e. The van der Waals surface area contributed by atoms with Gasteiger partial charge in [-0.2, -0.15) is 0 Å². The molecule has 0 aromatic heterocycles. The van der Waals surface area contributed by atoms with Gasteiger partial charge in [-0.1, -0.05) is 24.8 Å². The lowest BCUT2D eigenvalue weighted by Gasteiger charge is -2.26. The fourth-order valence-electron chi connectivity index (χ4n) is 4.06. The molecule has 7 heteroatoms. The van der Waals surface area contributed by atoms with Crippen LogP contribution in [0, 0.1) is 0 Å². The average Bonchev–Trinajstić information content (AvgIpc) is 3.07. The van der Waals surface area contributed by atoms with Crippen LogP contribution in [0.2, 0.25) is 0 Å². The Hall–Kier alpha value is -3.58. The van der Waals surface area contributed by atoms with Gasteiger partial charge in [-0.25, -0.2) is 0 Å². The summed E-state index contributed by atoms with van der Waals surface area (Å²) in [4.78, 5) is 29.9. The van der Waals surface area contributed by atoms with Gasteiger partial charge < -0.3 is 24.4 Å². The van der Waals surface area contributed by atoms with Crippen LogP contribution in [0.1, 0.15) is 37.4 Å². The van der Waals surface area contributed by atoms with Crippen molar-refractivity contribution in [1.82, 2.24) is 9.80 Å². The fraction of sp³-hybridized carbons (Fsp3) is 0.357. The third-order valence-corrected chi connectivity index (χ3v) is 5.59. The van der Waals surface area contributed by atoms with Crippen molar-refractivity contribution in [2.45, 2.75) is 32.4 Å². The molecule has 1 amide bonds. The number of ether oxygens (including phenoxy) is 2. The number of rotatable bonds is 11. The van der Waals surface area contributed by atoms with E-state index in [-0.39, 0.29) is 17.4 Å². The minimum atomic E-state index is -0.726. The van der Waals surface area contributed by atoms with Crippen LogP contribution in [0.25, 0.3) is 5.76 Å². The van der Waals surface area contributed by atoms with E-state index in [0.29, 0.717) is 42.2 Å². The zero-order valence-electron chi connectivity index (χ0n) is 20.9. The predicted octanol–water partition coefficient (Wildman–Crippen LogP) is 4.41. The zero-order chi connectivity index (χ0) is 25.5. The van der Waals surface area contributed by atoms with Gasteiger partial charge in [0, 0.05) is 12.1 Å². The summed E-state index contributed by atoms with van der Waals surface area (Å²) in [6.07, 6.45) is 2.34. The number of likely N-dealkylation sites (tertiary alicyclic amines) is 1. The third-order valence-electron chi connectivity index (χ3n) is 5.59. The number of nitrogens with zero attached hydrogens (tertiary/aromatic N) is 2. The van der Waals surface area contributed by atoms with E-state index in [0.717, 1.165) is 6.54 Å². The van der Waals surface area contributed by atoms with Gasteiger partial charge in [-0.05, 0) is 82.9 Å². The van der Waals surface area contributed by atoms with Crippen molar-refractivity contribution in [3.8, 4) is 11.5 Å². The first-order chi connectivity index (χ1) is 16.7. The highest BCUT2D eigenvalue weighted by Gasteiger charge is 2.45. The molecule has 1 heterocycles. The van der Waals surface area contributed by atoms with Crippen molar-refractivity contribution in [1.29, 1.82) is 0 Å². The molecule has 35 heavy (non-hydrogen) atoms. The molecule has 1 aliphatic heterocycles. The molecule has 0 saturated carbocycles. The molecule has 2 aromatic carbocycles. The van der Waals surface area contributed by atoms with Gasteiger partial charge in [0.15, 0.2) is 0 Å². The van der Waals surface area contributed by atoms with Gasteiger partial charge in [0.1, 0.15) is 23.9 Å². The van der Waals surface area contributed by atoms with Crippen molar-refractivity contribution >= 4 is 17.4 Å². The summed E-state index contributed by atoms with van der Waals surface area (Å²) in [6.45, 7) is 9.00. The molecular weight excluding hydrogens is 444 g/mol. The number of ketones is 1. The lowest BCUT2D eigenvalue weighted by Crippen LogP contribution is -2.32. The maximum Gasteiger partial charge on any atom is 0.295 e. The molecule has 186 valence electrons. The van der Waals surface area contributed by atoms with Crippen LogP contribution >= 0.6 is 0 Å². The standard InChI is InChI=1S/C28H34N2O5/c1-6-17-34-23-10-7-9-21(18-23)25-24(27(32)28(33)30(25)16-8-15-29(4)5)26(31)20-11-13-22(14-12-20)35-19(2)3/h6-7,9-14,18-19,25,31H,1,8,15-17H2,2-5H3/b26-24-. The molecule has 7 nitrogen and oxygen atoms in total. The van der Waals surface area contributed by atoms with Gasteiger partial charge >= 0.3 is 0 Å². The normalized spacial score (nSPS) is 17.3. The van der Waals surface area contributed by atoms with E-state index in [1.165, 1.54) is 0 Å². The highest BCUT2D eigenvalue weighted by molar-refractivity contribution is 6.46. The molecule has 1 fully saturated rings. The second-order valence-electron chi connectivity index (χ2n) is 9.01. The van der Waals surface area contributed by atoms with Crippen molar-refractivity contribution < 1.29 is 24.2 Å². The van der Waals surface area contributed by atoms with E-state index < -0.39 is 17.7 Å². The minimum absolute atomic E-state index is 0.0116. The number of Topliss-reactive ketones (excluding diaryl/α,β-unsaturated/α-hetero) is 1. The summed E-state index contributed by atoms with van der Waals surface area (Å²) in [7, 11) is 3.91. The highest BCUT2D eigenvalue weighted by Crippen LogP contribution is 2.40. The van der Waals surface area contributed by atoms with Crippen LogP contribution in [0.15, 0.2) is 66.8 Å². The molecule has 0 bridgehead atoms. The highest BCUT2D eigenvalue weighted by atomic mass is 16.5. The van der Waals surface area contributed by atoms with E-state index in [1.54, 1.807) is 47.4 Å². The second kappa shape index (κ2) is 11.7. The maximum atomic E-state index is 13.2. The minimum Gasteiger partial charge on any atom is -0.507 e. The van der Waals surface area contributed by atoms with Crippen molar-refractivity contribution in [3.63, 3.8) is 0 Å². The zero-order valence-corrected chi connectivity index (χ0v) is 20.9. The van der Waals surface area contributed by atoms with Gasteiger partial charge in [-0.3, -0.25) is 9.59 Å². The summed E-state index contributed by atoms with van der Waals surface area (Å²) in [6, 6.07) is 13.4. The van der Waals surface area contributed by atoms with E-state index in [1.807, 2.05) is 45.0 Å². The Morgan fingerprint density at radius 1 is 1.14 bits per heavy atom. The lowest BCUT2D eigenvalue weighted by atomic mass is 9.95. The summed E-state index contributed by atoms with van der Waals surface area (Å²) in [5.41, 5.74) is 1.20. The van der Waals surface area contributed by atoms with Crippen LogP contribution in [-0.2, 0) is 9.59 Å². The number of hydrogen-bond acceptors (Lipinski definition) is 6. The molecule has 1 N–H and O–H groups in total. The fourth-order valence-corrected chi connectivity index (χ4v) is 4.06. The lowest BCUT2D eigenvalue weighted by molar-refractivity contribution is -0.139. The third kappa shape index (κ3) is 6.31. The first kappa shape index (κ1) is 26.0. The van der Waals surface area contributed by atoms with E-state index in [2.05, 4.69) is 6.58 Å². The molecule has 1 aliphatic rings. The first-order valence-corrected chi connectivity index (χ1v) is 11.8. The number of amides is 1. The molecule has 2 aromatic rings. The number of carbonyl (C=O) groups is 2. The van der Waals surface area contributed by atoms with Crippen molar-refractivity contribution in [2.24, 2.45) is 0 Å². The van der Waals surface area contributed by atoms with Gasteiger partial charge in [-0.15, -0.1) is 0 Å². The first-order valence-electron chi connectivity index (χ1n) is 11.8. The number of hydrogen-bond donors (Lipinski definition) is 1. The average molecular weight is 479 g/mol. The number of aliphatic hydroxyl groups is 1. The Kier molecular flexibility index (Phi) is 8.71. The largest absolute Gasteiger partial charge is 0.507 e. The molecule has 0 spiro atoms. The molecule has 1 atom stereocenters. The topological polar surface area (TPSA) is 79.3 Å². The van der Waals surface area contributed by atoms with Crippen molar-refractivity contribution in [3.05, 3.63) is 77.9 Å².